The van der Waals surface area contributed by atoms with Crippen molar-refractivity contribution in [3.63, 3.8) is 0 Å². The van der Waals surface area contributed by atoms with Gasteiger partial charge in [0, 0.05) is 22.9 Å². The van der Waals surface area contributed by atoms with E-state index in [1.165, 1.54) is 37.0 Å². The van der Waals surface area contributed by atoms with Crippen molar-refractivity contribution in [3.05, 3.63) is 21.4 Å². The molecule has 0 saturated carbocycles. The number of thiophene rings is 1. The van der Waals surface area contributed by atoms with Gasteiger partial charge in [-0.3, -0.25) is 0 Å². The van der Waals surface area contributed by atoms with E-state index < -0.39 is 0 Å². The van der Waals surface area contributed by atoms with E-state index in [9.17, 15) is 0 Å². The molecule has 0 aliphatic heterocycles. The summed E-state index contributed by atoms with van der Waals surface area (Å²) < 4.78 is 0. The van der Waals surface area contributed by atoms with Crippen LogP contribution >= 0.6 is 11.3 Å². The van der Waals surface area contributed by atoms with Crippen LogP contribution in [0, 0.1) is 0 Å². The summed E-state index contributed by atoms with van der Waals surface area (Å²) in [4.78, 5) is 3.08. The molecule has 0 bridgehead atoms. The monoisotopic (exact) mass is 239 g/mol. The molecule has 1 aromatic heterocycles. The lowest BCUT2D eigenvalue weighted by Crippen LogP contribution is -2.14. The van der Waals surface area contributed by atoms with E-state index >= 15 is 0 Å². The van der Waals surface area contributed by atoms with Gasteiger partial charge >= 0.3 is 0 Å². The molecule has 1 aromatic rings. The van der Waals surface area contributed by atoms with Gasteiger partial charge in [-0.1, -0.05) is 6.42 Å². The van der Waals surface area contributed by atoms with Crippen molar-refractivity contribution in [1.29, 1.82) is 0 Å². The SMILES string of the molecule is OCCCNCc1cc2c(s1)CCCCC2. The molecule has 0 amide bonds. The lowest BCUT2D eigenvalue weighted by Gasteiger charge is -2.00. The van der Waals surface area contributed by atoms with Gasteiger partial charge in [0.2, 0.25) is 0 Å². The van der Waals surface area contributed by atoms with Crippen molar-refractivity contribution in [1.82, 2.24) is 5.32 Å². The van der Waals surface area contributed by atoms with Crippen LogP contribution in [0.25, 0.3) is 0 Å². The van der Waals surface area contributed by atoms with Crippen LogP contribution in [0.1, 0.15) is 41.0 Å². The van der Waals surface area contributed by atoms with Gasteiger partial charge in [-0.25, -0.2) is 0 Å². The average Bonchev–Trinajstić information content (AvgIpc) is 2.55. The molecule has 0 radical (unpaired) electrons. The lowest BCUT2D eigenvalue weighted by molar-refractivity contribution is 0.286. The van der Waals surface area contributed by atoms with E-state index in [4.69, 9.17) is 5.11 Å². The molecule has 0 spiro atoms. The standard InChI is InChI=1S/C13H21NOS/c15-8-4-7-14-10-12-9-11-5-2-1-3-6-13(11)16-12/h9,14-15H,1-8,10H2. The van der Waals surface area contributed by atoms with Gasteiger partial charge in [0.15, 0.2) is 0 Å². The van der Waals surface area contributed by atoms with Crippen molar-refractivity contribution in [2.45, 2.75) is 45.1 Å². The van der Waals surface area contributed by atoms with Gasteiger partial charge in [0.25, 0.3) is 0 Å². The van der Waals surface area contributed by atoms with Crippen LogP contribution in [0.3, 0.4) is 0 Å². The average molecular weight is 239 g/mol. The third-order valence-corrected chi connectivity index (χ3v) is 4.35. The Balaban J connectivity index is 1.86. The maximum Gasteiger partial charge on any atom is 0.0443 e. The third kappa shape index (κ3) is 3.30. The number of aliphatic hydroxyl groups is 1. The number of aryl methyl sites for hydroxylation is 2. The molecular formula is C13H21NOS. The summed E-state index contributed by atoms with van der Waals surface area (Å²) in [6, 6.07) is 2.39. The minimum Gasteiger partial charge on any atom is -0.396 e. The van der Waals surface area contributed by atoms with Gasteiger partial charge in [0.05, 0.1) is 0 Å². The van der Waals surface area contributed by atoms with Gasteiger partial charge in [-0.05, 0) is 50.3 Å². The molecule has 0 aromatic carbocycles. The second-order valence-electron chi connectivity index (χ2n) is 4.48. The predicted molar refractivity (Wildman–Crippen MR) is 69.0 cm³/mol. The fourth-order valence-corrected chi connectivity index (χ4v) is 3.46. The number of rotatable bonds is 5. The van der Waals surface area contributed by atoms with Crippen molar-refractivity contribution in [3.8, 4) is 0 Å². The second-order valence-corrected chi connectivity index (χ2v) is 5.70. The third-order valence-electron chi connectivity index (χ3n) is 3.11. The lowest BCUT2D eigenvalue weighted by atomic mass is 10.1. The molecule has 0 atom stereocenters. The van der Waals surface area contributed by atoms with Gasteiger partial charge in [0.1, 0.15) is 0 Å². The Hall–Kier alpha value is -0.380. The molecule has 2 N–H and O–H groups in total. The number of hydrogen-bond donors (Lipinski definition) is 2. The van der Waals surface area contributed by atoms with Gasteiger partial charge < -0.3 is 10.4 Å². The normalized spacial score (nSPS) is 15.8. The zero-order valence-corrected chi connectivity index (χ0v) is 10.6. The first-order chi connectivity index (χ1) is 7.90. The zero-order chi connectivity index (χ0) is 11.2. The first-order valence-electron chi connectivity index (χ1n) is 6.32. The number of aliphatic hydroxyl groups excluding tert-OH is 1. The van der Waals surface area contributed by atoms with Gasteiger partial charge in [-0.2, -0.15) is 0 Å². The summed E-state index contributed by atoms with van der Waals surface area (Å²) in [5, 5.41) is 12.1. The van der Waals surface area contributed by atoms with Crippen LogP contribution in [0.5, 0.6) is 0 Å². The minimum absolute atomic E-state index is 0.286. The Bertz CT molecular complexity index is 298. The van der Waals surface area contributed by atoms with Crippen molar-refractivity contribution < 1.29 is 5.11 Å². The van der Waals surface area contributed by atoms with Crippen molar-refractivity contribution in [2.24, 2.45) is 0 Å². The maximum atomic E-state index is 8.69. The molecule has 16 heavy (non-hydrogen) atoms. The van der Waals surface area contributed by atoms with Crippen molar-refractivity contribution >= 4 is 11.3 Å². The molecule has 2 rings (SSSR count). The highest BCUT2D eigenvalue weighted by Crippen LogP contribution is 2.28. The van der Waals surface area contributed by atoms with Crippen LogP contribution in [-0.2, 0) is 19.4 Å². The molecule has 0 unspecified atom stereocenters. The highest BCUT2D eigenvalue weighted by Gasteiger charge is 2.11. The number of fused-ring (bicyclic) bond motifs is 1. The first kappa shape index (κ1) is 12.1. The molecule has 2 nitrogen and oxygen atoms in total. The smallest absolute Gasteiger partial charge is 0.0443 e. The fraction of sp³-hybridized carbons (Fsp3) is 0.692. The molecular weight excluding hydrogens is 218 g/mol. The summed E-state index contributed by atoms with van der Waals surface area (Å²) in [5.74, 6) is 0. The van der Waals surface area contributed by atoms with Crippen LogP contribution in [0.4, 0.5) is 0 Å². The summed E-state index contributed by atoms with van der Waals surface area (Å²) in [6.07, 6.45) is 7.54. The molecule has 1 aliphatic rings. The minimum atomic E-state index is 0.286. The van der Waals surface area contributed by atoms with E-state index in [0.717, 1.165) is 19.5 Å². The molecule has 1 heterocycles. The molecule has 1 aliphatic carbocycles. The summed E-state index contributed by atoms with van der Waals surface area (Å²) in [5.41, 5.74) is 1.60. The Morgan fingerprint density at radius 1 is 1.25 bits per heavy atom. The number of nitrogens with one attached hydrogen (secondary N) is 1. The predicted octanol–water partition coefficient (Wildman–Crippen LogP) is 2.49. The van der Waals surface area contributed by atoms with Crippen LogP contribution in [0.2, 0.25) is 0 Å². The van der Waals surface area contributed by atoms with Crippen LogP contribution in [0.15, 0.2) is 6.07 Å². The fourth-order valence-electron chi connectivity index (χ4n) is 2.23. The molecule has 90 valence electrons. The summed E-state index contributed by atoms with van der Waals surface area (Å²) >= 11 is 1.98. The Morgan fingerprint density at radius 2 is 2.12 bits per heavy atom. The van der Waals surface area contributed by atoms with Gasteiger partial charge in [-0.15, -0.1) is 11.3 Å². The maximum absolute atomic E-state index is 8.69. The van der Waals surface area contributed by atoms with Crippen LogP contribution in [-0.4, -0.2) is 18.3 Å². The molecule has 0 fully saturated rings. The Kier molecular flexibility index (Phi) is 4.82. The Morgan fingerprint density at radius 3 is 3.00 bits per heavy atom. The molecule has 3 heteroatoms. The van der Waals surface area contributed by atoms with E-state index in [2.05, 4.69) is 11.4 Å². The van der Waals surface area contributed by atoms with E-state index in [0.29, 0.717) is 0 Å². The largest absolute Gasteiger partial charge is 0.396 e. The highest BCUT2D eigenvalue weighted by atomic mass is 32.1. The van der Waals surface area contributed by atoms with E-state index in [-0.39, 0.29) is 6.61 Å². The quantitative estimate of drug-likeness (QED) is 0.611. The topological polar surface area (TPSA) is 32.3 Å². The second kappa shape index (κ2) is 6.38. The summed E-state index contributed by atoms with van der Waals surface area (Å²) in [6.45, 7) is 2.17. The van der Waals surface area contributed by atoms with E-state index in [1.54, 1.807) is 10.4 Å². The van der Waals surface area contributed by atoms with E-state index in [1.807, 2.05) is 11.3 Å². The first-order valence-corrected chi connectivity index (χ1v) is 7.14. The molecule has 0 saturated heterocycles. The number of hydrogen-bond acceptors (Lipinski definition) is 3. The van der Waals surface area contributed by atoms with Crippen LogP contribution < -0.4 is 5.32 Å². The highest BCUT2D eigenvalue weighted by molar-refractivity contribution is 7.12. The zero-order valence-electron chi connectivity index (χ0n) is 9.80. The summed E-state index contributed by atoms with van der Waals surface area (Å²) in [7, 11) is 0. The van der Waals surface area contributed by atoms with Crippen molar-refractivity contribution in [2.75, 3.05) is 13.2 Å². The Labute approximate surface area is 102 Å².